The van der Waals surface area contributed by atoms with E-state index in [0.29, 0.717) is 17.7 Å². The highest BCUT2D eigenvalue weighted by Gasteiger charge is 2.36. The number of amides is 1. The molecule has 1 amide bonds. The number of hydrogen-bond acceptors (Lipinski definition) is 4. The molecule has 0 radical (unpaired) electrons. The second-order valence-corrected chi connectivity index (χ2v) is 9.76. The van der Waals surface area contributed by atoms with Crippen LogP contribution in [0, 0.1) is 5.92 Å². The summed E-state index contributed by atoms with van der Waals surface area (Å²) in [6.45, 7) is 1.72. The Morgan fingerprint density at radius 1 is 1.00 bits per heavy atom. The molecule has 2 atom stereocenters. The number of fused-ring (bicyclic) bond motifs is 1. The zero-order chi connectivity index (χ0) is 19.6. The topological polar surface area (TPSA) is 51.0 Å². The minimum absolute atomic E-state index is 0.286. The molecule has 1 aliphatic heterocycles. The van der Waals surface area contributed by atoms with Crippen molar-refractivity contribution >= 4 is 17.7 Å². The number of nitrogens with zero attached hydrogens (tertiary/aromatic N) is 4. The van der Waals surface area contributed by atoms with E-state index in [1.165, 1.54) is 50.5 Å². The van der Waals surface area contributed by atoms with Gasteiger partial charge in [-0.15, -0.1) is 10.2 Å². The molecule has 1 aromatic carbocycles. The third-order valence-corrected chi connectivity index (χ3v) is 7.71. The SMILES string of the molecule is O=C(CSc1nnc(C2CC2)n1Cc1ccccc1)N1CCC[C@H]2CCCC[C@@H]21. The Hall–Kier alpha value is -1.82. The number of thioether (sulfide) groups is 1. The first kappa shape index (κ1) is 19.2. The molecule has 2 aromatic rings. The van der Waals surface area contributed by atoms with Crippen LogP contribution in [0.4, 0.5) is 0 Å². The van der Waals surface area contributed by atoms with Crippen LogP contribution in [0.5, 0.6) is 0 Å². The van der Waals surface area contributed by atoms with Crippen molar-refractivity contribution in [1.29, 1.82) is 0 Å². The van der Waals surface area contributed by atoms with Gasteiger partial charge < -0.3 is 9.47 Å². The molecule has 0 N–H and O–H groups in total. The van der Waals surface area contributed by atoms with Gasteiger partial charge in [-0.05, 0) is 50.0 Å². The quantitative estimate of drug-likeness (QED) is 0.659. The third kappa shape index (κ3) is 4.23. The van der Waals surface area contributed by atoms with Crippen LogP contribution in [0.1, 0.15) is 68.7 Å². The number of carbonyl (C=O) groups excluding carboxylic acids is 1. The van der Waals surface area contributed by atoms with E-state index >= 15 is 0 Å². The molecule has 2 saturated carbocycles. The maximum atomic E-state index is 13.1. The van der Waals surface area contributed by atoms with Crippen molar-refractivity contribution in [2.24, 2.45) is 5.92 Å². The Morgan fingerprint density at radius 3 is 2.62 bits per heavy atom. The highest BCUT2D eigenvalue weighted by atomic mass is 32.2. The van der Waals surface area contributed by atoms with Gasteiger partial charge in [-0.2, -0.15) is 0 Å². The lowest BCUT2D eigenvalue weighted by Gasteiger charge is -2.44. The minimum Gasteiger partial charge on any atom is -0.339 e. The van der Waals surface area contributed by atoms with Crippen molar-refractivity contribution in [2.75, 3.05) is 12.3 Å². The molecular formula is C23H30N4OS. The largest absolute Gasteiger partial charge is 0.339 e. The first-order valence-electron chi connectivity index (χ1n) is 11.2. The summed E-state index contributed by atoms with van der Waals surface area (Å²) in [5, 5.41) is 9.86. The normalized spacial score (nSPS) is 24.3. The highest BCUT2D eigenvalue weighted by Crippen LogP contribution is 2.40. The zero-order valence-corrected chi connectivity index (χ0v) is 17.8. The van der Waals surface area contributed by atoms with Crippen LogP contribution in [-0.2, 0) is 11.3 Å². The van der Waals surface area contributed by atoms with Crippen molar-refractivity contribution < 1.29 is 4.79 Å². The summed E-state index contributed by atoms with van der Waals surface area (Å²) >= 11 is 1.57. The standard InChI is InChI=1S/C23H30N4OS/c28-21(26-14-6-10-18-9-4-5-11-20(18)26)16-29-23-25-24-22(19-12-13-19)27(23)15-17-7-2-1-3-8-17/h1-3,7-8,18-20H,4-6,9-16H2/t18-,20+/m1/s1. The van der Waals surface area contributed by atoms with Crippen LogP contribution in [0.25, 0.3) is 0 Å². The van der Waals surface area contributed by atoms with Gasteiger partial charge in [0, 0.05) is 18.5 Å². The maximum absolute atomic E-state index is 13.1. The molecule has 0 spiro atoms. The molecule has 154 valence electrons. The average Bonchev–Trinajstić information content (AvgIpc) is 3.54. The van der Waals surface area contributed by atoms with E-state index in [9.17, 15) is 4.79 Å². The second kappa shape index (κ2) is 8.50. The number of piperidine rings is 1. The van der Waals surface area contributed by atoms with E-state index in [1.807, 2.05) is 6.07 Å². The smallest absolute Gasteiger partial charge is 0.233 e. The first-order chi connectivity index (χ1) is 14.3. The minimum atomic E-state index is 0.286. The van der Waals surface area contributed by atoms with Crippen molar-refractivity contribution in [2.45, 2.75) is 75.0 Å². The van der Waals surface area contributed by atoms with Crippen LogP contribution >= 0.6 is 11.8 Å². The van der Waals surface area contributed by atoms with Gasteiger partial charge in [0.05, 0.1) is 12.3 Å². The summed E-state index contributed by atoms with van der Waals surface area (Å²) in [4.78, 5) is 15.3. The zero-order valence-electron chi connectivity index (χ0n) is 17.0. The summed E-state index contributed by atoms with van der Waals surface area (Å²) in [5.74, 6) is 3.12. The van der Waals surface area contributed by atoms with Gasteiger partial charge in [0.1, 0.15) is 5.82 Å². The molecule has 2 aliphatic carbocycles. The van der Waals surface area contributed by atoms with Gasteiger partial charge >= 0.3 is 0 Å². The fourth-order valence-electron chi connectivity index (χ4n) is 5.11. The fourth-order valence-corrected chi connectivity index (χ4v) is 5.94. The van der Waals surface area contributed by atoms with Gasteiger partial charge in [0.2, 0.25) is 5.91 Å². The highest BCUT2D eigenvalue weighted by molar-refractivity contribution is 7.99. The summed E-state index contributed by atoms with van der Waals surface area (Å²) in [7, 11) is 0. The van der Waals surface area contributed by atoms with E-state index in [0.717, 1.165) is 36.4 Å². The summed E-state index contributed by atoms with van der Waals surface area (Å²) in [5.41, 5.74) is 1.25. The monoisotopic (exact) mass is 410 g/mol. The van der Waals surface area contributed by atoms with Gasteiger partial charge in [-0.25, -0.2) is 0 Å². The molecule has 0 bridgehead atoms. The number of benzene rings is 1. The van der Waals surface area contributed by atoms with E-state index in [1.54, 1.807) is 11.8 Å². The molecule has 2 heterocycles. The molecular weight excluding hydrogens is 380 g/mol. The van der Waals surface area contributed by atoms with E-state index in [4.69, 9.17) is 0 Å². The van der Waals surface area contributed by atoms with Crippen LogP contribution in [0.3, 0.4) is 0 Å². The van der Waals surface area contributed by atoms with Crippen LogP contribution in [-0.4, -0.2) is 43.9 Å². The third-order valence-electron chi connectivity index (χ3n) is 6.76. The van der Waals surface area contributed by atoms with E-state index < -0.39 is 0 Å². The van der Waals surface area contributed by atoms with Crippen molar-refractivity contribution in [3.05, 3.63) is 41.7 Å². The number of carbonyl (C=O) groups is 1. The molecule has 3 fully saturated rings. The Balaban J connectivity index is 1.28. The lowest BCUT2D eigenvalue weighted by atomic mass is 9.78. The molecule has 3 aliphatic rings. The Labute approximate surface area is 177 Å². The van der Waals surface area contributed by atoms with Gasteiger partial charge in [0.15, 0.2) is 5.16 Å². The van der Waals surface area contributed by atoms with Gasteiger partial charge in [-0.3, -0.25) is 4.79 Å². The van der Waals surface area contributed by atoms with Crippen LogP contribution < -0.4 is 0 Å². The Morgan fingerprint density at radius 2 is 1.79 bits per heavy atom. The number of likely N-dealkylation sites (tertiary alicyclic amines) is 1. The maximum Gasteiger partial charge on any atom is 0.233 e. The predicted molar refractivity (Wildman–Crippen MR) is 115 cm³/mol. The summed E-state index contributed by atoms with van der Waals surface area (Å²) < 4.78 is 2.24. The molecule has 29 heavy (non-hydrogen) atoms. The lowest BCUT2D eigenvalue weighted by molar-refractivity contribution is -0.134. The molecule has 5 rings (SSSR count). The summed E-state index contributed by atoms with van der Waals surface area (Å²) in [6.07, 6.45) is 9.97. The second-order valence-electron chi connectivity index (χ2n) is 8.82. The summed E-state index contributed by atoms with van der Waals surface area (Å²) in [6, 6.07) is 11.0. The molecule has 0 unspecified atom stereocenters. The average molecular weight is 411 g/mol. The van der Waals surface area contributed by atoms with Gasteiger partial charge in [-0.1, -0.05) is 54.9 Å². The molecule has 1 aromatic heterocycles. The Kier molecular flexibility index (Phi) is 5.62. The number of hydrogen-bond donors (Lipinski definition) is 0. The molecule has 5 nitrogen and oxygen atoms in total. The van der Waals surface area contributed by atoms with Gasteiger partial charge in [0.25, 0.3) is 0 Å². The molecule has 1 saturated heterocycles. The van der Waals surface area contributed by atoms with Crippen molar-refractivity contribution in [3.63, 3.8) is 0 Å². The lowest BCUT2D eigenvalue weighted by Crippen LogP contribution is -2.50. The number of aromatic nitrogens is 3. The predicted octanol–water partition coefficient (Wildman–Crippen LogP) is 4.48. The van der Waals surface area contributed by atoms with E-state index in [2.05, 4.69) is 43.9 Å². The fraction of sp³-hybridized carbons (Fsp3) is 0.609. The van der Waals surface area contributed by atoms with E-state index in [-0.39, 0.29) is 5.91 Å². The van der Waals surface area contributed by atoms with Crippen molar-refractivity contribution in [1.82, 2.24) is 19.7 Å². The van der Waals surface area contributed by atoms with Crippen LogP contribution in [0.2, 0.25) is 0 Å². The Bertz CT molecular complexity index is 846. The first-order valence-corrected chi connectivity index (χ1v) is 12.2. The van der Waals surface area contributed by atoms with Crippen molar-refractivity contribution in [3.8, 4) is 0 Å². The van der Waals surface area contributed by atoms with Crippen LogP contribution in [0.15, 0.2) is 35.5 Å². The number of rotatable bonds is 6. The molecule has 6 heteroatoms.